The number of carbonyl (C=O) groups excluding carboxylic acids is 2. The molecule has 0 unspecified atom stereocenters. The molecule has 0 aliphatic carbocycles. The number of unbranched alkanes of at least 4 members (excludes halogenated alkanes) is 1. The van der Waals surface area contributed by atoms with E-state index in [1.54, 1.807) is 22.4 Å². The molecular weight excluding hydrogens is 598 g/mol. The van der Waals surface area contributed by atoms with Crippen LogP contribution in [0.3, 0.4) is 0 Å². The minimum atomic E-state index is -1.07. The van der Waals surface area contributed by atoms with Crippen LogP contribution in [-0.2, 0) is 6.54 Å². The molecule has 45 heavy (non-hydrogen) atoms. The van der Waals surface area contributed by atoms with Crippen molar-refractivity contribution in [1.29, 1.82) is 0 Å². The highest BCUT2D eigenvalue weighted by molar-refractivity contribution is 7.13. The fraction of sp³-hybridized carbons (Fsp3) is 0.333. The van der Waals surface area contributed by atoms with Crippen molar-refractivity contribution in [3.8, 4) is 22.2 Å². The average Bonchev–Trinajstić information content (AvgIpc) is 3.56. The number of primary amides is 1. The zero-order valence-corrected chi connectivity index (χ0v) is 26.1. The van der Waals surface area contributed by atoms with Gasteiger partial charge < -0.3 is 20.7 Å². The number of nitrogens with zero attached hydrogens (tertiary/aromatic N) is 4. The maximum absolute atomic E-state index is 14.5. The Kier molecular flexibility index (Phi) is 10.4. The number of urea groups is 1. The number of nitrogens with one attached hydrogen (secondary N) is 1. The van der Waals surface area contributed by atoms with Crippen molar-refractivity contribution in [3.05, 3.63) is 88.6 Å². The number of aryl methyl sites for hydroxylation is 1. The van der Waals surface area contributed by atoms with E-state index in [9.17, 15) is 18.4 Å². The molecule has 1 aliphatic heterocycles. The Bertz CT molecular complexity index is 1630. The number of benzene rings is 2. The Morgan fingerprint density at radius 3 is 2.51 bits per heavy atom. The van der Waals surface area contributed by atoms with Gasteiger partial charge in [-0.15, -0.1) is 11.3 Å². The molecule has 4 aromatic rings. The van der Waals surface area contributed by atoms with Crippen LogP contribution in [0.4, 0.5) is 19.3 Å². The van der Waals surface area contributed by atoms with Crippen molar-refractivity contribution in [3.63, 3.8) is 0 Å². The van der Waals surface area contributed by atoms with Crippen molar-refractivity contribution in [2.75, 3.05) is 25.0 Å². The largest absolute Gasteiger partial charge is 0.439 e. The summed E-state index contributed by atoms with van der Waals surface area (Å²) in [5, 5.41) is 5.44. The molecule has 1 fully saturated rings. The van der Waals surface area contributed by atoms with Crippen molar-refractivity contribution in [2.45, 2.75) is 52.1 Å². The number of thiazole rings is 1. The first-order chi connectivity index (χ1) is 21.7. The first-order valence-corrected chi connectivity index (χ1v) is 15.8. The van der Waals surface area contributed by atoms with Gasteiger partial charge in [-0.1, -0.05) is 19.4 Å². The number of anilines is 1. The van der Waals surface area contributed by atoms with Crippen LogP contribution < -0.4 is 15.8 Å². The van der Waals surface area contributed by atoms with E-state index in [-0.39, 0.29) is 11.7 Å². The first kappa shape index (κ1) is 32.0. The van der Waals surface area contributed by atoms with Gasteiger partial charge in [-0.05, 0) is 62.1 Å². The molecule has 1 saturated heterocycles. The summed E-state index contributed by atoms with van der Waals surface area (Å²) in [7, 11) is 0. The third-order valence-electron chi connectivity index (χ3n) is 7.89. The number of carbonyl (C=O) groups is 2. The van der Waals surface area contributed by atoms with Gasteiger partial charge in [-0.3, -0.25) is 9.69 Å². The number of nitrogens with two attached hydrogens (primary N) is 1. The van der Waals surface area contributed by atoms with Crippen LogP contribution in [0.25, 0.3) is 10.6 Å². The van der Waals surface area contributed by atoms with Crippen LogP contribution in [-0.4, -0.2) is 57.4 Å². The Labute approximate surface area is 265 Å². The number of rotatable bonds is 11. The molecule has 0 spiro atoms. The Morgan fingerprint density at radius 2 is 1.87 bits per heavy atom. The fourth-order valence-corrected chi connectivity index (χ4v) is 6.02. The molecule has 3 heterocycles. The normalized spacial score (nSPS) is 13.9. The first-order valence-electron chi connectivity index (χ1n) is 14.9. The van der Waals surface area contributed by atoms with E-state index in [0.717, 1.165) is 66.7 Å². The van der Waals surface area contributed by atoms with Crippen LogP contribution in [0.5, 0.6) is 11.6 Å². The quantitative estimate of drug-likeness (QED) is 0.184. The highest BCUT2D eigenvalue weighted by Crippen LogP contribution is 2.28. The lowest BCUT2D eigenvalue weighted by atomic mass is 10.0. The molecule has 1 aliphatic rings. The molecular formula is C33H36F2N6O3S. The predicted octanol–water partition coefficient (Wildman–Crippen LogP) is 6.98. The molecule has 9 nitrogen and oxygen atoms in total. The Morgan fingerprint density at radius 1 is 1.11 bits per heavy atom. The minimum absolute atomic E-state index is 0.0519. The topological polar surface area (TPSA) is 114 Å². The monoisotopic (exact) mass is 634 g/mol. The van der Waals surface area contributed by atoms with Gasteiger partial charge in [-0.25, -0.2) is 23.5 Å². The molecule has 0 atom stereocenters. The molecule has 0 saturated carbocycles. The molecule has 0 bridgehead atoms. The number of piperidine rings is 1. The van der Waals surface area contributed by atoms with Crippen LogP contribution >= 0.6 is 11.3 Å². The Balaban J connectivity index is 1.17. The second kappa shape index (κ2) is 14.6. The smallest absolute Gasteiger partial charge is 0.322 e. The lowest BCUT2D eigenvalue weighted by Gasteiger charge is -2.38. The lowest BCUT2D eigenvalue weighted by Crippen LogP contribution is -2.49. The summed E-state index contributed by atoms with van der Waals surface area (Å²) in [5.41, 5.74) is 7.46. The summed E-state index contributed by atoms with van der Waals surface area (Å²) in [6.45, 7) is 6.74. The third kappa shape index (κ3) is 8.00. The maximum atomic E-state index is 14.5. The van der Waals surface area contributed by atoms with E-state index >= 15 is 0 Å². The number of pyridine rings is 1. The molecule has 5 rings (SSSR count). The zero-order chi connectivity index (χ0) is 31.9. The van der Waals surface area contributed by atoms with E-state index in [1.165, 1.54) is 0 Å². The van der Waals surface area contributed by atoms with Gasteiger partial charge in [0.1, 0.15) is 22.4 Å². The number of ether oxygens (including phenoxy) is 1. The summed E-state index contributed by atoms with van der Waals surface area (Å²) in [5.74, 6) is -1.86. The number of likely N-dealkylation sites (tertiary alicyclic amines) is 1. The van der Waals surface area contributed by atoms with Gasteiger partial charge in [0.05, 0.1) is 11.3 Å². The average molecular weight is 635 g/mol. The fourth-order valence-electron chi connectivity index (χ4n) is 5.37. The van der Waals surface area contributed by atoms with E-state index < -0.39 is 29.1 Å². The van der Waals surface area contributed by atoms with Gasteiger partial charge in [0, 0.05) is 67.2 Å². The second-order valence-electron chi connectivity index (χ2n) is 11.0. The van der Waals surface area contributed by atoms with Crippen molar-refractivity contribution < 1.29 is 23.1 Å². The SMILES string of the molecule is CCCCN(C(=O)Nc1cc(C(N)=O)c(F)cc1F)C1CCN(Cc2ccc(Oc3ccc(-c4nccs4)cc3)nc2C)CC1. The van der Waals surface area contributed by atoms with Crippen LogP contribution in [0, 0.1) is 18.6 Å². The van der Waals surface area contributed by atoms with Crippen LogP contribution in [0.2, 0.25) is 0 Å². The van der Waals surface area contributed by atoms with E-state index in [0.29, 0.717) is 30.8 Å². The molecule has 2 aromatic heterocycles. The summed E-state index contributed by atoms with van der Waals surface area (Å²) in [6, 6.07) is 12.6. The summed E-state index contributed by atoms with van der Waals surface area (Å²) in [6.07, 6.45) is 4.91. The maximum Gasteiger partial charge on any atom is 0.322 e. The number of amides is 3. The lowest BCUT2D eigenvalue weighted by molar-refractivity contribution is 0.0996. The van der Waals surface area contributed by atoms with Gasteiger partial charge in [0.2, 0.25) is 5.88 Å². The minimum Gasteiger partial charge on any atom is -0.439 e. The van der Waals surface area contributed by atoms with E-state index in [1.807, 2.05) is 55.6 Å². The van der Waals surface area contributed by atoms with Gasteiger partial charge in [0.15, 0.2) is 0 Å². The molecule has 236 valence electrons. The Hall–Kier alpha value is -4.42. The zero-order valence-electron chi connectivity index (χ0n) is 25.3. The standard InChI is InChI=1S/C33H36F2N6O3S/c1-3-4-14-41(33(43)39-29-18-26(31(36)42)27(34)19-28(29)35)24-11-15-40(16-12-24)20-23-7-10-30(38-21(23)2)44-25-8-5-22(6-9-25)32-37-13-17-45-32/h5-10,13,17-19,24H,3-4,11-12,14-16,20H2,1-2H3,(H2,36,42)(H,39,43). The van der Waals surface area contributed by atoms with Gasteiger partial charge in [0.25, 0.3) is 5.91 Å². The molecule has 2 aromatic carbocycles. The highest BCUT2D eigenvalue weighted by Gasteiger charge is 2.29. The summed E-state index contributed by atoms with van der Waals surface area (Å²) < 4.78 is 34.4. The highest BCUT2D eigenvalue weighted by atomic mass is 32.1. The van der Waals surface area contributed by atoms with Gasteiger partial charge in [-0.2, -0.15) is 0 Å². The van der Waals surface area contributed by atoms with E-state index in [2.05, 4.69) is 20.2 Å². The molecule has 3 N–H and O–H groups in total. The molecule has 12 heteroatoms. The summed E-state index contributed by atoms with van der Waals surface area (Å²) in [4.78, 5) is 37.9. The number of halogens is 2. The third-order valence-corrected chi connectivity index (χ3v) is 8.72. The number of hydrogen-bond acceptors (Lipinski definition) is 7. The van der Waals surface area contributed by atoms with Crippen molar-refractivity contribution in [2.24, 2.45) is 5.73 Å². The van der Waals surface area contributed by atoms with Crippen LogP contribution in [0.15, 0.2) is 60.1 Å². The second-order valence-corrected chi connectivity index (χ2v) is 11.9. The van der Waals surface area contributed by atoms with Crippen LogP contribution in [0.1, 0.15) is 54.2 Å². The molecule has 3 amide bonds. The van der Waals surface area contributed by atoms with E-state index in [4.69, 9.17) is 10.5 Å². The predicted molar refractivity (Wildman–Crippen MR) is 170 cm³/mol. The van der Waals surface area contributed by atoms with Crippen molar-refractivity contribution in [1.82, 2.24) is 19.8 Å². The number of hydrogen-bond donors (Lipinski definition) is 2. The number of aromatic nitrogens is 2. The molecule has 0 radical (unpaired) electrons. The summed E-state index contributed by atoms with van der Waals surface area (Å²) >= 11 is 1.59. The van der Waals surface area contributed by atoms with Crippen molar-refractivity contribution >= 4 is 29.0 Å². The van der Waals surface area contributed by atoms with Gasteiger partial charge >= 0.3 is 6.03 Å².